The van der Waals surface area contributed by atoms with Crippen LogP contribution in [0.15, 0.2) is 91.3 Å². The summed E-state index contributed by atoms with van der Waals surface area (Å²) >= 11 is 0. The Morgan fingerprint density at radius 3 is 2.38 bits per heavy atom. The number of hydrogen-bond donors (Lipinski definition) is 1. The van der Waals surface area contributed by atoms with Crippen LogP contribution in [0.1, 0.15) is 15.9 Å². The summed E-state index contributed by atoms with van der Waals surface area (Å²) in [5.41, 5.74) is 3.43. The van der Waals surface area contributed by atoms with Gasteiger partial charge in [-0.3, -0.25) is 4.79 Å². The molecule has 0 aliphatic rings. The predicted octanol–water partition coefficient (Wildman–Crippen LogP) is 4.92. The number of carbonyl (C=O) groups is 1. The molecule has 1 heterocycles. The number of hydrogen-bond acceptors (Lipinski definition) is 5. The third-order valence-electron chi connectivity index (χ3n) is 4.88. The van der Waals surface area contributed by atoms with Gasteiger partial charge in [0.25, 0.3) is 5.91 Å². The molecule has 0 saturated heterocycles. The summed E-state index contributed by atoms with van der Waals surface area (Å²) in [7, 11) is 1.60. The first kappa shape index (κ1) is 21.1. The number of nitrogens with zero attached hydrogens (tertiary/aromatic N) is 2. The Balaban J connectivity index is 1.39. The lowest BCUT2D eigenvalue weighted by atomic mass is 10.1. The van der Waals surface area contributed by atoms with Crippen molar-refractivity contribution in [1.29, 1.82) is 0 Å². The fourth-order valence-corrected chi connectivity index (χ4v) is 3.20. The highest BCUT2D eigenvalue weighted by atomic mass is 16.5. The van der Waals surface area contributed by atoms with Crippen molar-refractivity contribution in [2.24, 2.45) is 0 Å². The van der Waals surface area contributed by atoms with E-state index in [1.54, 1.807) is 37.7 Å². The average molecular weight is 425 g/mol. The Kier molecular flexibility index (Phi) is 6.72. The van der Waals surface area contributed by atoms with Gasteiger partial charge in [-0.15, -0.1) is 0 Å². The number of rotatable bonds is 8. The molecular weight excluding hydrogens is 402 g/mol. The molecule has 0 aliphatic carbocycles. The van der Waals surface area contributed by atoms with Crippen LogP contribution in [0.2, 0.25) is 0 Å². The summed E-state index contributed by atoms with van der Waals surface area (Å²) in [5, 5.41) is 2.97. The molecule has 0 saturated carbocycles. The lowest BCUT2D eigenvalue weighted by Crippen LogP contribution is -2.25. The quantitative estimate of drug-likeness (QED) is 0.434. The average Bonchev–Trinajstić information content (AvgIpc) is 2.85. The minimum absolute atomic E-state index is 0.110. The molecule has 1 N–H and O–H groups in total. The normalized spacial score (nSPS) is 10.4. The number of nitrogens with one attached hydrogen (secondary N) is 1. The highest BCUT2D eigenvalue weighted by molar-refractivity contribution is 5.95. The van der Waals surface area contributed by atoms with Crippen LogP contribution in [0.5, 0.6) is 17.5 Å². The maximum absolute atomic E-state index is 12.6. The van der Waals surface area contributed by atoms with Crippen molar-refractivity contribution in [1.82, 2.24) is 15.3 Å². The molecule has 6 heteroatoms. The largest absolute Gasteiger partial charge is 0.497 e. The zero-order valence-corrected chi connectivity index (χ0v) is 17.7. The van der Waals surface area contributed by atoms with Gasteiger partial charge in [-0.1, -0.05) is 48.5 Å². The second-order valence-corrected chi connectivity index (χ2v) is 7.11. The lowest BCUT2D eigenvalue weighted by Gasteiger charge is -2.08. The smallest absolute Gasteiger partial charge is 0.321 e. The molecule has 1 amide bonds. The second kappa shape index (κ2) is 10.2. The standard InChI is InChI=1S/C26H23N3O3/c1-31-23-11-6-12-24(16-23)32-26-28-17-22(18-29-26)20-9-5-10-21(15-20)25(30)27-14-13-19-7-3-2-4-8-19/h2-12,15-18H,13-14H2,1H3,(H,27,30). The number of benzene rings is 3. The van der Waals surface area contributed by atoms with Gasteiger partial charge >= 0.3 is 6.01 Å². The van der Waals surface area contributed by atoms with E-state index in [1.165, 1.54) is 5.56 Å². The number of carbonyl (C=O) groups excluding carboxylic acids is 1. The van der Waals surface area contributed by atoms with Crippen LogP contribution in [0.3, 0.4) is 0 Å². The molecule has 160 valence electrons. The van der Waals surface area contributed by atoms with Crippen LogP contribution in [-0.2, 0) is 6.42 Å². The summed E-state index contributed by atoms with van der Waals surface area (Å²) in [6, 6.07) is 24.9. The maximum atomic E-state index is 12.6. The van der Waals surface area contributed by atoms with Crippen LogP contribution in [-0.4, -0.2) is 29.5 Å². The summed E-state index contributed by atoms with van der Waals surface area (Å²) in [6.07, 6.45) is 4.14. The van der Waals surface area contributed by atoms with Gasteiger partial charge in [0, 0.05) is 36.1 Å². The minimum atomic E-state index is -0.110. The summed E-state index contributed by atoms with van der Waals surface area (Å²) in [6.45, 7) is 0.576. The lowest BCUT2D eigenvalue weighted by molar-refractivity contribution is 0.0954. The van der Waals surface area contributed by atoms with Crippen molar-refractivity contribution in [2.75, 3.05) is 13.7 Å². The number of ether oxygens (including phenoxy) is 2. The molecular formula is C26H23N3O3. The molecule has 32 heavy (non-hydrogen) atoms. The molecule has 1 aromatic heterocycles. The van der Waals surface area contributed by atoms with Gasteiger partial charge < -0.3 is 14.8 Å². The van der Waals surface area contributed by atoms with Crippen molar-refractivity contribution >= 4 is 5.91 Å². The third-order valence-corrected chi connectivity index (χ3v) is 4.88. The Bertz CT molecular complexity index is 1180. The second-order valence-electron chi connectivity index (χ2n) is 7.11. The molecule has 0 bridgehead atoms. The van der Waals surface area contributed by atoms with Crippen molar-refractivity contribution in [3.05, 3.63) is 102 Å². The van der Waals surface area contributed by atoms with Crippen LogP contribution in [0, 0.1) is 0 Å². The van der Waals surface area contributed by atoms with E-state index in [1.807, 2.05) is 48.5 Å². The van der Waals surface area contributed by atoms with Crippen LogP contribution < -0.4 is 14.8 Å². The molecule has 3 aromatic carbocycles. The fraction of sp³-hybridized carbons (Fsp3) is 0.115. The highest BCUT2D eigenvalue weighted by Crippen LogP contribution is 2.24. The van der Waals surface area contributed by atoms with E-state index < -0.39 is 0 Å². The van der Waals surface area contributed by atoms with Gasteiger partial charge in [-0.2, -0.15) is 0 Å². The van der Waals surface area contributed by atoms with E-state index in [0.717, 1.165) is 17.5 Å². The molecule has 0 aliphatic heterocycles. The first-order valence-electron chi connectivity index (χ1n) is 10.3. The molecule has 6 nitrogen and oxygen atoms in total. The molecule has 0 spiro atoms. The van der Waals surface area contributed by atoms with E-state index in [0.29, 0.717) is 23.6 Å². The van der Waals surface area contributed by atoms with E-state index in [9.17, 15) is 4.79 Å². The summed E-state index contributed by atoms with van der Waals surface area (Å²) < 4.78 is 10.9. The van der Waals surface area contributed by atoms with Gasteiger partial charge in [-0.25, -0.2) is 9.97 Å². The number of aromatic nitrogens is 2. The number of methoxy groups -OCH3 is 1. The van der Waals surface area contributed by atoms with Crippen molar-refractivity contribution < 1.29 is 14.3 Å². The molecule has 0 fully saturated rings. The van der Waals surface area contributed by atoms with Gasteiger partial charge in [0.05, 0.1) is 7.11 Å². The van der Waals surface area contributed by atoms with Crippen molar-refractivity contribution in [3.63, 3.8) is 0 Å². The van der Waals surface area contributed by atoms with E-state index in [-0.39, 0.29) is 11.9 Å². The molecule has 4 rings (SSSR count). The number of amides is 1. The van der Waals surface area contributed by atoms with Gasteiger partial charge in [0.2, 0.25) is 0 Å². The predicted molar refractivity (Wildman–Crippen MR) is 123 cm³/mol. The van der Waals surface area contributed by atoms with Crippen molar-refractivity contribution in [2.45, 2.75) is 6.42 Å². The minimum Gasteiger partial charge on any atom is -0.497 e. The zero-order chi connectivity index (χ0) is 22.2. The van der Waals surface area contributed by atoms with Gasteiger partial charge in [-0.05, 0) is 41.8 Å². The monoisotopic (exact) mass is 425 g/mol. The SMILES string of the molecule is COc1cccc(Oc2ncc(-c3cccc(C(=O)NCCc4ccccc4)c3)cn2)c1. The topological polar surface area (TPSA) is 73.3 Å². The van der Waals surface area contributed by atoms with Crippen molar-refractivity contribution in [3.8, 4) is 28.6 Å². The van der Waals surface area contributed by atoms with Crippen LogP contribution in [0.25, 0.3) is 11.1 Å². The third kappa shape index (κ3) is 5.49. The Morgan fingerprint density at radius 2 is 1.59 bits per heavy atom. The van der Waals surface area contributed by atoms with Crippen LogP contribution >= 0.6 is 0 Å². The zero-order valence-electron chi connectivity index (χ0n) is 17.7. The first-order valence-corrected chi connectivity index (χ1v) is 10.3. The summed E-state index contributed by atoms with van der Waals surface area (Å²) in [5.74, 6) is 1.17. The fourth-order valence-electron chi connectivity index (χ4n) is 3.20. The highest BCUT2D eigenvalue weighted by Gasteiger charge is 2.09. The molecule has 0 unspecified atom stereocenters. The van der Waals surface area contributed by atoms with Gasteiger partial charge in [0.1, 0.15) is 11.5 Å². The van der Waals surface area contributed by atoms with Gasteiger partial charge in [0.15, 0.2) is 0 Å². The Morgan fingerprint density at radius 1 is 0.844 bits per heavy atom. The summed E-state index contributed by atoms with van der Waals surface area (Å²) in [4.78, 5) is 21.1. The van der Waals surface area contributed by atoms with Crippen LogP contribution in [0.4, 0.5) is 0 Å². The maximum Gasteiger partial charge on any atom is 0.321 e. The molecule has 0 radical (unpaired) electrons. The first-order chi connectivity index (χ1) is 15.7. The van der Waals surface area contributed by atoms with E-state index in [4.69, 9.17) is 9.47 Å². The Hall–Kier alpha value is -4.19. The van der Waals surface area contributed by atoms with E-state index in [2.05, 4.69) is 27.4 Å². The van der Waals surface area contributed by atoms with E-state index >= 15 is 0 Å². The Labute approximate surface area is 186 Å². The molecule has 0 atom stereocenters. The molecule has 4 aromatic rings.